The number of carboxylic acids is 1. The van der Waals surface area contributed by atoms with Crippen molar-refractivity contribution in [2.24, 2.45) is 0 Å². The van der Waals surface area contributed by atoms with Gasteiger partial charge < -0.3 is 85.9 Å². The van der Waals surface area contributed by atoms with Crippen molar-refractivity contribution in [3.05, 3.63) is 78.4 Å². The van der Waals surface area contributed by atoms with Crippen molar-refractivity contribution in [1.82, 2.24) is 56.0 Å². The van der Waals surface area contributed by atoms with Crippen LogP contribution in [0.3, 0.4) is 0 Å². The van der Waals surface area contributed by atoms with Gasteiger partial charge >= 0.3 is 5.97 Å². The Morgan fingerprint density at radius 2 is 1.09 bits per heavy atom. The van der Waals surface area contributed by atoms with E-state index in [0.717, 1.165) is 32.1 Å². The fraction of sp³-hybridized carbons (Fsp3) is 0.540. The molecule has 6 unspecified atom stereocenters. The van der Waals surface area contributed by atoms with Gasteiger partial charge in [0.15, 0.2) is 5.78 Å². The maximum atomic E-state index is 14.1. The number of hydrogen-bond donors (Lipinski definition) is 9. The molecule has 2 aromatic rings. The Balaban J connectivity index is 2.31. The quantitative estimate of drug-likeness (QED) is 0.0252. The first-order chi connectivity index (χ1) is 44.7. The van der Waals surface area contributed by atoms with Crippen molar-refractivity contribution in [3.8, 4) is 18.1 Å². The van der Waals surface area contributed by atoms with Crippen molar-refractivity contribution in [3.63, 3.8) is 0 Å². The number of methoxy groups -OCH3 is 2. The van der Waals surface area contributed by atoms with E-state index in [1.165, 1.54) is 73.0 Å². The van der Waals surface area contributed by atoms with Gasteiger partial charge in [0.1, 0.15) is 49.6 Å². The highest BCUT2D eigenvalue weighted by molar-refractivity contribution is 7.98. The molecular weight excluding hydrogens is 1250 g/mol. The average Bonchev–Trinajstić information content (AvgIpc) is 0.907. The van der Waals surface area contributed by atoms with Crippen LogP contribution in [0.5, 0.6) is 5.75 Å². The molecule has 2 aromatic carbocycles. The van der Waals surface area contributed by atoms with Crippen LogP contribution in [0.2, 0.25) is 0 Å². The number of rotatable bonds is 45. The highest BCUT2D eigenvalue weighted by atomic mass is 32.2. The Bertz CT molecular complexity index is 2920. The Kier molecular flexibility index (Phi) is 37.8. The number of hydrogen-bond acceptors (Lipinski definition) is 19. The van der Waals surface area contributed by atoms with Gasteiger partial charge in [-0.1, -0.05) is 61.4 Å². The summed E-state index contributed by atoms with van der Waals surface area (Å²) in [4.78, 5) is 182. The van der Waals surface area contributed by atoms with Crippen LogP contribution in [0.15, 0.2) is 67.3 Å². The number of Topliss-reactive ketones (excluding diaryl/α,β-unsaturated/α-hetero) is 1. The van der Waals surface area contributed by atoms with Crippen LogP contribution >= 0.6 is 11.8 Å². The summed E-state index contributed by atoms with van der Waals surface area (Å²) in [5, 5.41) is 51.7. The predicted molar refractivity (Wildman–Crippen MR) is 344 cm³/mol. The second-order valence-corrected chi connectivity index (χ2v) is 22.6. The summed E-state index contributed by atoms with van der Waals surface area (Å²) in [6.45, 7) is 2.98. The standard InChI is InChI=1S/C63H91N11O19S/c1-10-25-69(54(81)36-70(26-11-2)56(83)38-73(29-31-93-8)58(85)39-74(44(6)78)42(4)46-16-14-13-15-17-46)35-55(82)71(27-12-3)37-57(84)72(28-30-92-7)34-53(80)64-51(40-75)62(90)67-50(33-45-18-20-47(79)21-19-45)61(89)68-52(41-76)63(91)66-49(24-32-94-9)60(88)65-48(43(5)77)22-23-59(86)87/h3,11,13-21,42,48-52,75-76,79H,2,10,22-41H2,1,4-9H3,(H,64,80)(H,65,88)(H,66,91)(H,67,90)(H,68,89)(H,86,87). The number of phenolic OH excluding ortho intramolecular Hbond substituents is 1. The third kappa shape index (κ3) is 28.9. The number of carbonyl (C=O) groups excluding carboxylic acids is 12. The zero-order chi connectivity index (χ0) is 70.5. The summed E-state index contributed by atoms with van der Waals surface area (Å²) in [6.07, 6.45) is 8.06. The Morgan fingerprint density at radius 3 is 1.60 bits per heavy atom. The average molecular weight is 1340 g/mol. The van der Waals surface area contributed by atoms with Crippen molar-refractivity contribution >= 4 is 88.5 Å². The van der Waals surface area contributed by atoms with Crippen molar-refractivity contribution < 1.29 is 92.2 Å². The molecule has 0 aliphatic heterocycles. The second kappa shape index (κ2) is 43.8. The third-order valence-corrected chi connectivity index (χ3v) is 15.1. The maximum Gasteiger partial charge on any atom is 0.303 e. The number of aliphatic carboxylic acids is 1. The van der Waals surface area contributed by atoms with Gasteiger partial charge in [-0.25, -0.2) is 0 Å². The molecule has 0 spiro atoms. The summed E-state index contributed by atoms with van der Waals surface area (Å²) in [7, 11) is 2.72. The summed E-state index contributed by atoms with van der Waals surface area (Å²) in [6, 6.07) is 6.22. The van der Waals surface area contributed by atoms with Crippen LogP contribution in [0.4, 0.5) is 0 Å². The molecule has 0 aliphatic rings. The number of nitrogens with zero attached hydrogens (tertiary/aromatic N) is 6. The molecule has 0 aliphatic carbocycles. The van der Waals surface area contributed by atoms with Crippen LogP contribution in [0, 0.1) is 12.3 Å². The van der Waals surface area contributed by atoms with Crippen LogP contribution in [-0.2, 0) is 78.2 Å². The molecule has 0 bridgehead atoms. The summed E-state index contributed by atoms with van der Waals surface area (Å²) >= 11 is 1.31. The van der Waals surface area contributed by atoms with Gasteiger partial charge in [0.2, 0.25) is 65.0 Å². The Hall–Kier alpha value is -8.96. The number of aliphatic hydroxyl groups is 2. The van der Waals surface area contributed by atoms with E-state index in [2.05, 4.69) is 39.1 Å². The number of carbonyl (C=O) groups is 13. The number of carboxylic acid groups (broad SMARTS) is 1. The first-order valence-corrected chi connectivity index (χ1v) is 31.6. The number of aromatic hydroxyl groups is 1. The molecule has 0 heterocycles. The summed E-state index contributed by atoms with van der Waals surface area (Å²) in [5.41, 5.74) is 1.13. The molecule has 0 fully saturated rings. The lowest BCUT2D eigenvalue weighted by Gasteiger charge is -2.32. The first kappa shape index (κ1) is 81.1. The molecule has 0 radical (unpaired) electrons. The molecule has 518 valence electrons. The van der Waals surface area contributed by atoms with Crippen LogP contribution in [-0.4, -0.2) is 281 Å². The number of aliphatic hydroxyl groups excluding tert-OH is 2. The van der Waals surface area contributed by atoms with Gasteiger partial charge in [-0.2, -0.15) is 11.8 Å². The van der Waals surface area contributed by atoms with Gasteiger partial charge in [-0.15, -0.1) is 13.0 Å². The number of amides is 11. The van der Waals surface area contributed by atoms with Crippen LogP contribution in [0.1, 0.15) is 70.5 Å². The normalized spacial score (nSPS) is 12.7. The predicted octanol–water partition coefficient (Wildman–Crippen LogP) is -2.18. The van der Waals surface area contributed by atoms with E-state index in [0.29, 0.717) is 17.7 Å². The smallest absolute Gasteiger partial charge is 0.303 e. The molecule has 2 rings (SSSR count). The van der Waals surface area contributed by atoms with E-state index >= 15 is 0 Å². The first-order valence-electron chi connectivity index (χ1n) is 30.2. The van der Waals surface area contributed by atoms with Gasteiger partial charge in [0.05, 0.1) is 64.7 Å². The molecule has 30 nitrogen and oxygen atoms in total. The molecule has 11 amide bonds. The lowest BCUT2D eigenvalue weighted by atomic mass is 10.0. The maximum absolute atomic E-state index is 14.1. The minimum Gasteiger partial charge on any atom is -0.508 e. The zero-order valence-electron chi connectivity index (χ0n) is 54.4. The van der Waals surface area contributed by atoms with E-state index in [1.807, 2.05) is 18.2 Å². The van der Waals surface area contributed by atoms with Gasteiger partial charge in [0, 0.05) is 60.2 Å². The number of ketones is 1. The summed E-state index contributed by atoms with van der Waals surface area (Å²) < 4.78 is 10.4. The highest BCUT2D eigenvalue weighted by Gasteiger charge is 2.35. The van der Waals surface area contributed by atoms with Gasteiger partial charge in [-0.3, -0.25) is 62.3 Å². The fourth-order valence-corrected chi connectivity index (χ4v) is 9.62. The minimum atomic E-state index is -1.81. The van der Waals surface area contributed by atoms with Crippen molar-refractivity contribution in [1.29, 1.82) is 0 Å². The van der Waals surface area contributed by atoms with Gasteiger partial charge in [0.25, 0.3) is 0 Å². The minimum absolute atomic E-state index is 0.00176. The monoisotopic (exact) mass is 1340 g/mol. The van der Waals surface area contributed by atoms with Crippen LogP contribution in [0.25, 0.3) is 0 Å². The Morgan fingerprint density at radius 1 is 0.617 bits per heavy atom. The third-order valence-electron chi connectivity index (χ3n) is 14.5. The van der Waals surface area contributed by atoms with E-state index in [-0.39, 0.29) is 76.9 Å². The lowest BCUT2D eigenvalue weighted by Crippen LogP contribution is -2.60. The lowest BCUT2D eigenvalue weighted by molar-refractivity contribution is -0.148. The largest absolute Gasteiger partial charge is 0.508 e. The van der Waals surface area contributed by atoms with E-state index in [4.69, 9.17) is 21.0 Å². The van der Waals surface area contributed by atoms with E-state index in [1.54, 1.807) is 32.2 Å². The molecule has 0 saturated carbocycles. The van der Waals surface area contributed by atoms with Crippen molar-refractivity contribution in [2.75, 3.05) is 125 Å². The molecular formula is C63H91N11O19S. The molecule has 0 saturated heterocycles. The number of ether oxygens (including phenoxy) is 2. The molecule has 6 atom stereocenters. The number of terminal acetylenes is 1. The zero-order valence-corrected chi connectivity index (χ0v) is 55.2. The second-order valence-electron chi connectivity index (χ2n) is 21.6. The molecule has 94 heavy (non-hydrogen) atoms. The number of phenols is 1. The van der Waals surface area contributed by atoms with Crippen LogP contribution < -0.4 is 26.6 Å². The molecule has 0 aromatic heterocycles. The number of nitrogens with one attached hydrogen (secondary N) is 5. The summed E-state index contributed by atoms with van der Waals surface area (Å²) in [5.74, 6) is -8.42. The van der Waals surface area contributed by atoms with E-state index < -0.39 is 166 Å². The van der Waals surface area contributed by atoms with Crippen molar-refractivity contribution in [2.45, 2.75) is 96.1 Å². The van der Waals surface area contributed by atoms with Gasteiger partial charge in [-0.05, 0) is 68.4 Å². The SMILES string of the molecule is C#CCN(CC(=O)N(CCOC)CC(=O)NC(CO)C(=O)NC(Cc1ccc(O)cc1)C(=O)NC(CO)C(=O)NC(CCSC)C(=O)NC(CCC(=O)O)C(C)=O)C(=O)CN(CCC)C(=O)CN(CC=C)C(=O)CN(CCOC)C(=O)CN(C(C)=O)C(C)c1ccccc1. The number of thioether (sulfide) groups is 1. The Labute approximate surface area is 551 Å². The van der Waals surface area contributed by atoms with E-state index in [9.17, 15) is 77.6 Å². The highest BCUT2D eigenvalue weighted by Crippen LogP contribution is 2.21. The fourth-order valence-electron chi connectivity index (χ4n) is 9.15. The topological polar surface area (TPSA) is 401 Å². The molecule has 31 heteroatoms. The molecule has 9 N–H and O–H groups in total. The number of benzene rings is 2.